The highest BCUT2D eigenvalue weighted by Crippen LogP contribution is 2.49. The largest absolute Gasteiger partial charge is 0.488 e. The molecule has 3 aromatic carbocycles. The summed E-state index contributed by atoms with van der Waals surface area (Å²) in [4.78, 5) is 51.1. The van der Waals surface area contributed by atoms with Crippen LogP contribution in [0, 0.1) is 27.9 Å². The van der Waals surface area contributed by atoms with Gasteiger partial charge in [0.05, 0.1) is 22.4 Å². The summed E-state index contributed by atoms with van der Waals surface area (Å²) in [5.74, 6) is -1.82. The van der Waals surface area contributed by atoms with Crippen molar-refractivity contribution in [2.45, 2.75) is 40.2 Å². The van der Waals surface area contributed by atoms with Gasteiger partial charge in [-0.15, -0.1) is 0 Å². The Morgan fingerprint density at radius 1 is 1.00 bits per heavy atom. The van der Waals surface area contributed by atoms with Crippen molar-refractivity contribution < 1.29 is 28.8 Å². The van der Waals surface area contributed by atoms with Gasteiger partial charge in [0.25, 0.3) is 5.69 Å². The summed E-state index contributed by atoms with van der Waals surface area (Å²) in [6, 6.07) is 16.4. The molecule has 1 amide bonds. The molecule has 2 heterocycles. The smallest absolute Gasteiger partial charge is 0.363 e. The molecule has 2 aliphatic rings. The molecule has 1 fully saturated rings. The second-order valence-electron chi connectivity index (χ2n) is 10.5. The number of rotatable bonds is 8. The molecule has 0 unspecified atom stereocenters. The van der Waals surface area contributed by atoms with Gasteiger partial charge >= 0.3 is 11.9 Å². The fraction of sp³-hybridized carbons (Fsp3) is 0.323. The highest BCUT2D eigenvalue weighted by molar-refractivity contribution is 6.06. The number of fused-ring (bicyclic) bond motifs is 2. The van der Waals surface area contributed by atoms with Gasteiger partial charge in [0, 0.05) is 29.0 Å². The molecule has 0 radical (unpaired) electrons. The second kappa shape index (κ2) is 10.6. The summed E-state index contributed by atoms with van der Waals surface area (Å²) < 4.78 is 11.5. The molecule has 9 heteroatoms. The maximum atomic E-state index is 13.4. The van der Waals surface area contributed by atoms with Gasteiger partial charge in [0.2, 0.25) is 5.91 Å². The van der Waals surface area contributed by atoms with Crippen molar-refractivity contribution in [3.8, 4) is 5.75 Å². The molecule has 3 atom stereocenters. The third kappa shape index (κ3) is 4.51. The minimum absolute atomic E-state index is 0.0163. The average Bonchev–Trinajstić information content (AvgIpc) is 3.18. The lowest BCUT2D eigenvalue weighted by atomic mass is 9.74. The Hall–Kier alpha value is -4.53. The maximum absolute atomic E-state index is 13.4. The van der Waals surface area contributed by atoms with E-state index in [2.05, 4.69) is 13.0 Å². The lowest BCUT2D eigenvalue weighted by Crippen LogP contribution is -2.62. The Bertz CT molecular complexity index is 1560. The number of hydrogen-bond acceptors (Lipinski definition) is 7. The minimum Gasteiger partial charge on any atom is -0.488 e. The van der Waals surface area contributed by atoms with Crippen LogP contribution < -0.4 is 4.74 Å². The molecule has 0 saturated carbocycles. The van der Waals surface area contributed by atoms with Crippen LogP contribution in [0.4, 0.5) is 5.69 Å². The number of β-lactam (4-membered cyclic amide) rings is 1. The van der Waals surface area contributed by atoms with Crippen molar-refractivity contribution in [3.05, 3.63) is 93.2 Å². The van der Waals surface area contributed by atoms with E-state index in [4.69, 9.17) is 9.47 Å². The molecular formula is C31H30N2O7. The fourth-order valence-corrected chi connectivity index (χ4v) is 5.86. The number of carbonyl (C=O) groups excluding carboxylic acids is 3. The van der Waals surface area contributed by atoms with Gasteiger partial charge in [-0.2, -0.15) is 0 Å². The van der Waals surface area contributed by atoms with Crippen LogP contribution in [0.25, 0.3) is 10.8 Å². The molecule has 0 N–H and O–H groups in total. The lowest BCUT2D eigenvalue weighted by molar-refractivity contribution is -0.384. The van der Waals surface area contributed by atoms with Crippen molar-refractivity contribution in [2.75, 3.05) is 6.61 Å². The molecule has 0 aromatic heterocycles. The van der Waals surface area contributed by atoms with Crippen molar-refractivity contribution in [3.63, 3.8) is 0 Å². The summed E-state index contributed by atoms with van der Waals surface area (Å²) in [7, 11) is 0. The van der Waals surface area contributed by atoms with Crippen LogP contribution in [0.15, 0.2) is 71.9 Å². The zero-order valence-corrected chi connectivity index (χ0v) is 22.7. The van der Waals surface area contributed by atoms with E-state index in [1.165, 1.54) is 22.6 Å². The number of carbonyl (C=O) groups is 3. The maximum Gasteiger partial charge on any atom is 0.363 e. The van der Waals surface area contributed by atoms with Gasteiger partial charge < -0.3 is 14.4 Å². The van der Waals surface area contributed by atoms with E-state index >= 15 is 0 Å². The van der Waals surface area contributed by atoms with E-state index in [0.29, 0.717) is 11.3 Å². The van der Waals surface area contributed by atoms with E-state index in [1.54, 1.807) is 0 Å². The summed E-state index contributed by atoms with van der Waals surface area (Å²) in [5.41, 5.74) is 1.61. The van der Waals surface area contributed by atoms with E-state index in [-0.39, 0.29) is 53.3 Å². The number of hydrogen-bond donors (Lipinski definition) is 0. The first kappa shape index (κ1) is 27.1. The number of amides is 1. The summed E-state index contributed by atoms with van der Waals surface area (Å²) in [6.07, 6.45) is 0.872. The van der Waals surface area contributed by atoms with E-state index in [9.17, 15) is 24.5 Å². The summed E-state index contributed by atoms with van der Waals surface area (Å²) in [5, 5.41) is 13.0. The number of nitrogens with zero attached hydrogens (tertiary/aromatic N) is 2. The number of benzene rings is 3. The molecule has 1 saturated heterocycles. The Morgan fingerprint density at radius 2 is 1.68 bits per heavy atom. The van der Waals surface area contributed by atoms with E-state index < -0.39 is 16.9 Å². The summed E-state index contributed by atoms with van der Waals surface area (Å²) in [6.45, 7) is 8.03. The van der Waals surface area contributed by atoms with Crippen LogP contribution in [-0.4, -0.2) is 40.3 Å². The molecule has 3 aromatic rings. The first-order chi connectivity index (χ1) is 19.1. The SMILES string of the molecule is CCc1cccc2c(OCC3=C(C(=O)OC(=O)c4ccc([N+](=O)[O-])cc4)N4C(=O)[C@H](C(C)C)[C@H]4[C@H]3C)cccc12. The van der Waals surface area contributed by atoms with Gasteiger partial charge in [-0.3, -0.25) is 14.9 Å². The van der Waals surface area contributed by atoms with Gasteiger partial charge in [0.1, 0.15) is 18.1 Å². The van der Waals surface area contributed by atoms with Crippen molar-refractivity contribution >= 4 is 34.3 Å². The highest BCUT2D eigenvalue weighted by Gasteiger charge is 2.59. The molecule has 0 bridgehead atoms. The molecule has 9 nitrogen and oxygen atoms in total. The molecule has 5 rings (SSSR count). The molecule has 40 heavy (non-hydrogen) atoms. The fourth-order valence-electron chi connectivity index (χ4n) is 5.86. The molecule has 206 valence electrons. The minimum atomic E-state index is -0.960. The predicted molar refractivity (Wildman–Crippen MR) is 147 cm³/mol. The average molecular weight is 543 g/mol. The number of ether oxygens (including phenoxy) is 2. The Morgan fingerprint density at radius 3 is 2.33 bits per heavy atom. The number of nitro benzene ring substituents is 1. The lowest BCUT2D eigenvalue weighted by Gasteiger charge is -2.47. The predicted octanol–water partition coefficient (Wildman–Crippen LogP) is 5.46. The first-order valence-corrected chi connectivity index (χ1v) is 13.3. The van der Waals surface area contributed by atoms with Crippen LogP contribution in [0.2, 0.25) is 0 Å². The molecular weight excluding hydrogens is 512 g/mol. The van der Waals surface area contributed by atoms with Crippen molar-refractivity contribution in [1.29, 1.82) is 0 Å². The summed E-state index contributed by atoms with van der Waals surface area (Å²) >= 11 is 0. The van der Waals surface area contributed by atoms with E-state index in [0.717, 1.165) is 29.3 Å². The number of aryl methyl sites for hydroxylation is 1. The second-order valence-corrected chi connectivity index (χ2v) is 10.5. The Balaban J connectivity index is 1.45. The zero-order valence-electron chi connectivity index (χ0n) is 22.7. The van der Waals surface area contributed by atoms with Gasteiger partial charge in [-0.1, -0.05) is 58.0 Å². The van der Waals surface area contributed by atoms with Gasteiger partial charge in [-0.05, 0) is 41.5 Å². The number of esters is 2. The van der Waals surface area contributed by atoms with Gasteiger partial charge in [-0.25, -0.2) is 9.59 Å². The molecule has 2 aliphatic heterocycles. The van der Waals surface area contributed by atoms with Crippen molar-refractivity contribution in [2.24, 2.45) is 17.8 Å². The zero-order chi connectivity index (χ0) is 28.7. The monoisotopic (exact) mass is 542 g/mol. The van der Waals surface area contributed by atoms with Crippen LogP contribution in [-0.2, 0) is 20.7 Å². The Kier molecular flexibility index (Phi) is 7.14. The van der Waals surface area contributed by atoms with Crippen LogP contribution in [0.1, 0.15) is 43.6 Å². The number of nitro groups is 1. The molecule has 0 aliphatic carbocycles. The Labute approximate surface area is 231 Å². The third-order valence-corrected chi connectivity index (χ3v) is 7.94. The quantitative estimate of drug-likeness (QED) is 0.122. The van der Waals surface area contributed by atoms with Crippen LogP contribution in [0.5, 0.6) is 5.75 Å². The van der Waals surface area contributed by atoms with Crippen molar-refractivity contribution in [1.82, 2.24) is 4.90 Å². The standard InChI is InChI=1S/C31H30N2O7/c1-5-19-8-6-10-23-22(19)9-7-11-25(23)39-16-24-18(4)27-26(17(2)3)29(34)32(27)28(24)31(36)40-30(35)20-12-14-21(15-13-20)33(37)38/h6-15,17-18,26-27H,5,16H2,1-4H3/t18-,26+,27+/m0/s1. The highest BCUT2D eigenvalue weighted by atomic mass is 16.6. The first-order valence-electron chi connectivity index (χ1n) is 13.3. The third-order valence-electron chi connectivity index (χ3n) is 7.94. The van der Waals surface area contributed by atoms with E-state index in [1.807, 2.05) is 51.1 Å². The topological polar surface area (TPSA) is 116 Å². The number of non-ortho nitro benzene ring substituents is 1. The van der Waals surface area contributed by atoms with Crippen LogP contribution in [0.3, 0.4) is 0 Å². The van der Waals surface area contributed by atoms with Crippen LogP contribution >= 0.6 is 0 Å². The molecule has 0 spiro atoms. The normalized spacial score (nSPS) is 20.0. The van der Waals surface area contributed by atoms with Gasteiger partial charge in [0.15, 0.2) is 0 Å².